The van der Waals surface area contributed by atoms with Crippen molar-refractivity contribution >= 4 is 34.8 Å². The van der Waals surface area contributed by atoms with E-state index in [9.17, 15) is 4.79 Å². The second-order valence-electron chi connectivity index (χ2n) is 5.34. The third kappa shape index (κ3) is 2.55. The van der Waals surface area contributed by atoms with Crippen molar-refractivity contribution in [1.82, 2.24) is 0 Å². The number of nitrogens with one attached hydrogen (secondary N) is 1. The summed E-state index contributed by atoms with van der Waals surface area (Å²) in [5.74, 6) is 0.647. The van der Waals surface area contributed by atoms with E-state index in [1.165, 1.54) is 0 Å². The zero-order chi connectivity index (χ0) is 15.7. The maximum absolute atomic E-state index is 12.8. The largest absolute Gasteiger partial charge is 0.496 e. The summed E-state index contributed by atoms with van der Waals surface area (Å²) in [6, 6.07) is 12.8. The Balaban J connectivity index is 1.90. The summed E-state index contributed by atoms with van der Waals surface area (Å²) < 4.78 is 5.39. The molecule has 1 N–H and O–H groups in total. The summed E-state index contributed by atoms with van der Waals surface area (Å²) in [7, 11) is 1.61. The topological polar surface area (TPSA) is 38.3 Å². The highest BCUT2D eigenvalue weighted by atomic mass is 35.5. The number of para-hydroxylation sites is 1. The molecular weight excluding hydrogens is 321 g/mol. The van der Waals surface area contributed by atoms with Crippen LogP contribution in [0.4, 0.5) is 5.69 Å². The molecule has 2 aromatic rings. The van der Waals surface area contributed by atoms with Gasteiger partial charge in [0.05, 0.1) is 28.3 Å². The third-order valence-electron chi connectivity index (χ3n) is 4.01. The van der Waals surface area contributed by atoms with Gasteiger partial charge in [-0.25, -0.2) is 0 Å². The molecule has 1 aliphatic carbocycles. The van der Waals surface area contributed by atoms with Crippen LogP contribution >= 0.6 is 23.2 Å². The Labute approximate surface area is 139 Å². The molecule has 1 aliphatic rings. The first-order valence-electron chi connectivity index (χ1n) is 6.97. The average Bonchev–Trinajstić information content (AvgIpc) is 3.33. The molecular formula is C17H15Cl2NO2. The molecule has 0 aliphatic heterocycles. The lowest BCUT2D eigenvalue weighted by molar-refractivity contribution is -0.118. The van der Waals surface area contributed by atoms with Gasteiger partial charge in [0.25, 0.3) is 0 Å². The normalized spacial score (nSPS) is 15.2. The number of carbonyl (C=O) groups is 1. The second-order valence-corrected chi connectivity index (χ2v) is 6.12. The summed E-state index contributed by atoms with van der Waals surface area (Å²) in [4.78, 5) is 12.8. The molecule has 0 heterocycles. The van der Waals surface area contributed by atoms with Crippen molar-refractivity contribution in [2.45, 2.75) is 18.3 Å². The van der Waals surface area contributed by atoms with Crippen molar-refractivity contribution < 1.29 is 9.53 Å². The summed E-state index contributed by atoms with van der Waals surface area (Å²) >= 11 is 12.1. The van der Waals surface area contributed by atoms with Gasteiger partial charge in [0.15, 0.2) is 0 Å². The van der Waals surface area contributed by atoms with Crippen LogP contribution in [-0.4, -0.2) is 13.0 Å². The van der Waals surface area contributed by atoms with Gasteiger partial charge in [0, 0.05) is 5.56 Å². The molecule has 1 saturated carbocycles. The Hall–Kier alpha value is -1.71. The maximum Gasteiger partial charge on any atom is 0.235 e. The van der Waals surface area contributed by atoms with E-state index in [0.29, 0.717) is 15.7 Å². The summed E-state index contributed by atoms with van der Waals surface area (Å²) in [5.41, 5.74) is 0.895. The van der Waals surface area contributed by atoms with E-state index in [-0.39, 0.29) is 5.91 Å². The average molecular weight is 336 g/mol. The zero-order valence-corrected chi connectivity index (χ0v) is 13.5. The zero-order valence-electron chi connectivity index (χ0n) is 12.0. The molecule has 0 unspecified atom stereocenters. The van der Waals surface area contributed by atoms with Gasteiger partial charge in [-0.15, -0.1) is 0 Å². The van der Waals surface area contributed by atoms with Gasteiger partial charge in [0.1, 0.15) is 5.75 Å². The number of hydrogen-bond donors (Lipinski definition) is 1. The van der Waals surface area contributed by atoms with Crippen molar-refractivity contribution in [3.63, 3.8) is 0 Å². The summed E-state index contributed by atoms with van der Waals surface area (Å²) in [6.07, 6.45) is 1.58. The van der Waals surface area contributed by atoms with Crippen molar-refractivity contribution in [3.8, 4) is 5.75 Å². The van der Waals surface area contributed by atoms with Crippen LogP contribution in [0.1, 0.15) is 18.4 Å². The van der Waals surface area contributed by atoms with Crippen molar-refractivity contribution in [1.29, 1.82) is 0 Å². The maximum atomic E-state index is 12.8. The predicted molar refractivity (Wildman–Crippen MR) is 89.0 cm³/mol. The van der Waals surface area contributed by atoms with Gasteiger partial charge < -0.3 is 10.1 Å². The molecule has 2 aromatic carbocycles. The molecule has 0 aromatic heterocycles. The molecule has 22 heavy (non-hydrogen) atoms. The number of ether oxygens (including phenoxy) is 1. The van der Waals surface area contributed by atoms with Crippen molar-refractivity contribution in [2.75, 3.05) is 12.4 Å². The number of benzene rings is 2. The van der Waals surface area contributed by atoms with Gasteiger partial charge in [0.2, 0.25) is 5.91 Å². The molecule has 5 heteroatoms. The number of hydrogen-bond acceptors (Lipinski definition) is 2. The number of anilines is 1. The number of amides is 1. The van der Waals surface area contributed by atoms with Crippen LogP contribution in [0.15, 0.2) is 42.5 Å². The molecule has 0 atom stereocenters. The Morgan fingerprint density at radius 3 is 2.55 bits per heavy atom. The van der Waals surface area contributed by atoms with Crippen LogP contribution in [0.3, 0.4) is 0 Å². The van der Waals surface area contributed by atoms with E-state index in [1.807, 2.05) is 24.3 Å². The molecule has 114 valence electrons. The minimum absolute atomic E-state index is 0.0823. The summed E-state index contributed by atoms with van der Waals surface area (Å²) in [6.45, 7) is 0. The predicted octanol–water partition coefficient (Wildman–Crippen LogP) is 4.67. The Morgan fingerprint density at radius 1 is 1.14 bits per heavy atom. The molecule has 0 saturated heterocycles. The SMILES string of the molecule is COc1ccccc1C1(C(=O)Nc2cccc(Cl)c2Cl)CC1. The molecule has 3 rings (SSSR count). The van der Waals surface area contributed by atoms with E-state index in [1.54, 1.807) is 25.3 Å². The molecule has 1 fully saturated rings. The Morgan fingerprint density at radius 2 is 1.86 bits per heavy atom. The minimum Gasteiger partial charge on any atom is -0.496 e. The monoisotopic (exact) mass is 335 g/mol. The van der Waals surface area contributed by atoms with E-state index >= 15 is 0 Å². The standard InChI is InChI=1S/C17H15Cl2NO2/c1-22-14-8-3-2-5-11(14)17(9-10-17)16(21)20-13-7-4-6-12(18)15(13)19/h2-8H,9-10H2,1H3,(H,20,21). The van der Waals surface area contributed by atoms with Crippen molar-refractivity contribution in [3.05, 3.63) is 58.1 Å². The Bertz CT molecular complexity index is 726. The van der Waals surface area contributed by atoms with Crippen LogP contribution < -0.4 is 10.1 Å². The molecule has 1 amide bonds. The first-order chi connectivity index (χ1) is 10.6. The molecule has 0 bridgehead atoms. The van der Waals surface area contributed by atoms with Gasteiger partial charge in [-0.1, -0.05) is 47.5 Å². The van der Waals surface area contributed by atoms with Crippen LogP contribution in [-0.2, 0) is 10.2 Å². The quantitative estimate of drug-likeness (QED) is 0.881. The van der Waals surface area contributed by atoms with Crippen LogP contribution in [0.2, 0.25) is 10.0 Å². The number of carbonyl (C=O) groups excluding carboxylic acids is 1. The first-order valence-corrected chi connectivity index (χ1v) is 7.73. The van der Waals surface area contributed by atoms with E-state index in [2.05, 4.69) is 5.32 Å². The fraction of sp³-hybridized carbons (Fsp3) is 0.235. The smallest absolute Gasteiger partial charge is 0.235 e. The van der Waals surface area contributed by atoms with Crippen molar-refractivity contribution in [2.24, 2.45) is 0 Å². The lowest BCUT2D eigenvalue weighted by atomic mass is 9.94. The van der Waals surface area contributed by atoms with Gasteiger partial charge in [-0.05, 0) is 31.0 Å². The minimum atomic E-state index is -0.543. The highest BCUT2D eigenvalue weighted by molar-refractivity contribution is 6.44. The van der Waals surface area contributed by atoms with E-state index in [4.69, 9.17) is 27.9 Å². The van der Waals surface area contributed by atoms with E-state index in [0.717, 1.165) is 24.2 Å². The fourth-order valence-corrected chi connectivity index (χ4v) is 2.97. The highest BCUT2D eigenvalue weighted by Crippen LogP contribution is 2.52. The summed E-state index contributed by atoms with van der Waals surface area (Å²) in [5, 5.41) is 3.67. The second kappa shape index (κ2) is 5.82. The number of methoxy groups -OCH3 is 1. The van der Waals surface area contributed by atoms with Gasteiger partial charge in [-0.3, -0.25) is 4.79 Å². The van der Waals surface area contributed by atoms with Gasteiger partial charge in [-0.2, -0.15) is 0 Å². The van der Waals surface area contributed by atoms with Crippen LogP contribution in [0, 0.1) is 0 Å². The highest BCUT2D eigenvalue weighted by Gasteiger charge is 2.52. The van der Waals surface area contributed by atoms with E-state index < -0.39 is 5.41 Å². The van der Waals surface area contributed by atoms with Crippen LogP contribution in [0.5, 0.6) is 5.75 Å². The first kappa shape index (κ1) is 15.2. The van der Waals surface area contributed by atoms with Crippen LogP contribution in [0.25, 0.3) is 0 Å². The lowest BCUT2D eigenvalue weighted by Crippen LogP contribution is -2.28. The fourth-order valence-electron chi connectivity index (χ4n) is 2.63. The van der Waals surface area contributed by atoms with Gasteiger partial charge >= 0.3 is 0 Å². The molecule has 0 radical (unpaired) electrons. The Kier molecular flexibility index (Phi) is 4.02. The number of rotatable bonds is 4. The number of halogens is 2. The molecule has 3 nitrogen and oxygen atoms in total. The lowest BCUT2D eigenvalue weighted by Gasteiger charge is -2.19. The molecule has 0 spiro atoms. The third-order valence-corrected chi connectivity index (χ3v) is 4.83.